The minimum Gasteiger partial charge on any atom is -0.493 e. The molecule has 0 radical (unpaired) electrons. The summed E-state index contributed by atoms with van der Waals surface area (Å²) in [6, 6.07) is 5.62. The summed E-state index contributed by atoms with van der Waals surface area (Å²) < 4.78 is 10.5. The number of nitrogens with zero attached hydrogens (tertiary/aromatic N) is 2. The van der Waals surface area contributed by atoms with E-state index in [1.807, 2.05) is 25.1 Å². The van der Waals surface area contributed by atoms with Crippen molar-refractivity contribution in [3.8, 4) is 11.5 Å². The molecule has 0 spiro atoms. The number of methoxy groups -OCH3 is 2. The summed E-state index contributed by atoms with van der Waals surface area (Å²) in [5, 5.41) is 7.52. The van der Waals surface area contributed by atoms with E-state index < -0.39 is 0 Å². The first-order valence-electron chi connectivity index (χ1n) is 7.20. The van der Waals surface area contributed by atoms with Crippen molar-refractivity contribution in [3.05, 3.63) is 33.8 Å². The van der Waals surface area contributed by atoms with Crippen molar-refractivity contribution in [3.63, 3.8) is 0 Å². The van der Waals surface area contributed by atoms with Gasteiger partial charge in [-0.25, -0.2) is 4.98 Å². The first kappa shape index (κ1) is 20.5. The number of ether oxygens (including phenoxy) is 2. The Bertz CT molecular complexity index is 684. The summed E-state index contributed by atoms with van der Waals surface area (Å²) in [6.07, 6.45) is 0. The topological polar surface area (TPSA) is 67.8 Å². The highest BCUT2D eigenvalue weighted by atomic mass is 127. The van der Waals surface area contributed by atoms with Gasteiger partial charge in [0.05, 0.1) is 26.5 Å². The lowest BCUT2D eigenvalue weighted by atomic mass is 10.3. The molecule has 0 saturated carbocycles. The highest BCUT2D eigenvalue weighted by molar-refractivity contribution is 14.0. The van der Waals surface area contributed by atoms with Crippen LogP contribution < -0.4 is 20.1 Å². The van der Waals surface area contributed by atoms with Gasteiger partial charge in [0.2, 0.25) is 0 Å². The zero-order valence-corrected chi connectivity index (χ0v) is 17.6. The Morgan fingerprint density at radius 3 is 2.46 bits per heavy atom. The zero-order valence-electron chi connectivity index (χ0n) is 14.5. The second kappa shape index (κ2) is 9.67. The predicted molar refractivity (Wildman–Crippen MR) is 110 cm³/mol. The Labute approximate surface area is 163 Å². The lowest BCUT2D eigenvalue weighted by Crippen LogP contribution is -2.30. The molecule has 0 aliphatic heterocycles. The summed E-state index contributed by atoms with van der Waals surface area (Å²) in [7, 11) is 4.96. The maximum absolute atomic E-state index is 5.30. The number of aromatic nitrogens is 1. The monoisotopic (exact) mass is 462 g/mol. The molecule has 0 atom stereocenters. The summed E-state index contributed by atoms with van der Waals surface area (Å²) in [6.45, 7) is 4.73. The van der Waals surface area contributed by atoms with Gasteiger partial charge in [0.25, 0.3) is 0 Å². The highest BCUT2D eigenvalue weighted by Crippen LogP contribution is 2.29. The van der Waals surface area contributed by atoms with E-state index in [-0.39, 0.29) is 24.0 Å². The van der Waals surface area contributed by atoms with Gasteiger partial charge in [0.1, 0.15) is 5.01 Å². The third-order valence-corrected chi connectivity index (χ3v) is 4.42. The molecule has 24 heavy (non-hydrogen) atoms. The quantitative estimate of drug-likeness (QED) is 0.404. The maximum atomic E-state index is 5.30. The number of aryl methyl sites for hydroxylation is 2. The number of benzene rings is 1. The minimum atomic E-state index is 0. The number of hydrogen-bond donors (Lipinski definition) is 2. The minimum absolute atomic E-state index is 0. The number of thiazole rings is 1. The number of halogens is 1. The van der Waals surface area contributed by atoms with Crippen molar-refractivity contribution >= 4 is 47.0 Å². The molecule has 0 saturated heterocycles. The fourth-order valence-corrected chi connectivity index (χ4v) is 2.88. The summed E-state index contributed by atoms with van der Waals surface area (Å²) in [5.41, 5.74) is 1.94. The van der Waals surface area contributed by atoms with Crippen LogP contribution in [0.2, 0.25) is 0 Å². The van der Waals surface area contributed by atoms with E-state index >= 15 is 0 Å². The Balaban J connectivity index is 0.00000288. The van der Waals surface area contributed by atoms with Crippen LogP contribution in [0.5, 0.6) is 11.5 Å². The van der Waals surface area contributed by atoms with Crippen LogP contribution in [0.4, 0.5) is 5.69 Å². The first-order chi connectivity index (χ1) is 11.1. The molecule has 0 aliphatic rings. The summed E-state index contributed by atoms with van der Waals surface area (Å²) >= 11 is 1.69. The Morgan fingerprint density at radius 2 is 1.92 bits per heavy atom. The van der Waals surface area contributed by atoms with Crippen LogP contribution in [0.25, 0.3) is 0 Å². The van der Waals surface area contributed by atoms with Crippen molar-refractivity contribution in [2.75, 3.05) is 26.6 Å². The molecular formula is C16H23IN4O2S. The van der Waals surface area contributed by atoms with Crippen molar-refractivity contribution in [1.29, 1.82) is 0 Å². The molecule has 2 rings (SSSR count). The normalized spacial score (nSPS) is 10.8. The number of rotatable bonds is 5. The van der Waals surface area contributed by atoms with Gasteiger partial charge in [-0.1, -0.05) is 0 Å². The van der Waals surface area contributed by atoms with Crippen molar-refractivity contribution in [1.82, 2.24) is 10.3 Å². The van der Waals surface area contributed by atoms with E-state index in [2.05, 4.69) is 27.5 Å². The molecule has 0 fully saturated rings. The van der Waals surface area contributed by atoms with Gasteiger partial charge in [-0.15, -0.1) is 35.3 Å². The maximum Gasteiger partial charge on any atom is 0.195 e. The molecule has 6 nitrogen and oxygen atoms in total. The van der Waals surface area contributed by atoms with Gasteiger partial charge in [-0.2, -0.15) is 0 Å². The first-order valence-corrected chi connectivity index (χ1v) is 8.01. The summed E-state index contributed by atoms with van der Waals surface area (Å²) in [4.78, 5) is 9.98. The van der Waals surface area contributed by atoms with Gasteiger partial charge in [-0.3, -0.25) is 4.99 Å². The van der Waals surface area contributed by atoms with Crippen LogP contribution in [0.1, 0.15) is 15.6 Å². The predicted octanol–water partition coefficient (Wildman–Crippen LogP) is 3.58. The average molecular weight is 462 g/mol. The Hall–Kier alpha value is -1.55. The van der Waals surface area contributed by atoms with Gasteiger partial charge in [0.15, 0.2) is 17.5 Å². The van der Waals surface area contributed by atoms with Crippen LogP contribution >= 0.6 is 35.3 Å². The molecule has 0 bridgehead atoms. The Morgan fingerprint density at radius 1 is 1.21 bits per heavy atom. The number of aliphatic imine (C=N–C) groups is 1. The molecule has 0 unspecified atom stereocenters. The molecule has 1 aromatic carbocycles. The Kier molecular flexibility index (Phi) is 8.26. The lowest BCUT2D eigenvalue weighted by Gasteiger charge is -2.13. The van der Waals surface area contributed by atoms with Crippen LogP contribution in [-0.4, -0.2) is 32.2 Å². The van der Waals surface area contributed by atoms with Gasteiger partial charge in [-0.05, 0) is 26.0 Å². The zero-order chi connectivity index (χ0) is 16.8. The summed E-state index contributed by atoms with van der Waals surface area (Å²) in [5.74, 6) is 2.02. The molecule has 0 amide bonds. The molecule has 132 valence electrons. The molecule has 8 heteroatoms. The number of guanidine groups is 1. The lowest BCUT2D eigenvalue weighted by molar-refractivity contribution is 0.355. The average Bonchev–Trinajstić information content (AvgIpc) is 2.89. The highest BCUT2D eigenvalue weighted by Gasteiger charge is 2.08. The number of anilines is 1. The van der Waals surface area contributed by atoms with Gasteiger partial charge >= 0.3 is 0 Å². The molecule has 1 aromatic heterocycles. The van der Waals surface area contributed by atoms with Crippen LogP contribution in [0.15, 0.2) is 23.2 Å². The van der Waals surface area contributed by atoms with Crippen molar-refractivity contribution < 1.29 is 9.47 Å². The van der Waals surface area contributed by atoms with E-state index in [0.29, 0.717) is 24.0 Å². The SMILES string of the molecule is CN=C(NCc1nc(C)c(C)s1)Nc1ccc(OC)c(OC)c1.I. The van der Waals surface area contributed by atoms with Crippen LogP contribution in [-0.2, 0) is 6.54 Å². The van der Waals surface area contributed by atoms with E-state index in [4.69, 9.17) is 9.47 Å². The van der Waals surface area contributed by atoms with E-state index in [9.17, 15) is 0 Å². The molecule has 1 heterocycles. The van der Waals surface area contributed by atoms with Crippen LogP contribution in [0, 0.1) is 13.8 Å². The third kappa shape index (κ3) is 5.23. The number of nitrogens with one attached hydrogen (secondary N) is 2. The number of hydrogen-bond acceptors (Lipinski definition) is 5. The standard InChI is InChI=1S/C16H22N4O2S.HI/c1-10-11(2)23-15(19-10)9-18-16(17-3)20-12-6-7-13(21-4)14(8-12)22-5;/h6-8H,9H2,1-5H3,(H2,17,18,20);1H. The fraction of sp³-hybridized carbons (Fsp3) is 0.375. The van der Waals surface area contributed by atoms with Crippen molar-refractivity contribution in [2.24, 2.45) is 4.99 Å². The second-order valence-corrected chi connectivity index (χ2v) is 6.16. The van der Waals surface area contributed by atoms with E-state index in [1.54, 1.807) is 32.6 Å². The smallest absolute Gasteiger partial charge is 0.195 e. The third-order valence-electron chi connectivity index (χ3n) is 3.35. The van der Waals surface area contributed by atoms with Gasteiger partial charge in [0, 0.05) is 23.7 Å². The molecule has 2 N–H and O–H groups in total. The van der Waals surface area contributed by atoms with Crippen LogP contribution in [0.3, 0.4) is 0 Å². The van der Waals surface area contributed by atoms with Crippen molar-refractivity contribution in [2.45, 2.75) is 20.4 Å². The molecule has 0 aliphatic carbocycles. The van der Waals surface area contributed by atoms with Gasteiger partial charge < -0.3 is 20.1 Å². The largest absolute Gasteiger partial charge is 0.493 e. The fourth-order valence-electron chi connectivity index (χ4n) is 2.00. The molecular weight excluding hydrogens is 439 g/mol. The molecule has 2 aromatic rings. The second-order valence-electron chi connectivity index (χ2n) is 4.87. The van der Waals surface area contributed by atoms with E-state index in [0.717, 1.165) is 16.4 Å². The van der Waals surface area contributed by atoms with E-state index in [1.165, 1.54) is 4.88 Å².